The summed E-state index contributed by atoms with van der Waals surface area (Å²) in [5.41, 5.74) is 0.852. The van der Waals surface area contributed by atoms with Gasteiger partial charge < -0.3 is 15.2 Å². The van der Waals surface area contributed by atoms with Crippen LogP contribution in [0, 0.1) is 5.92 Å². The molecule has 6 heteroatoms. The van der Waals surface area contributed by atoms with Gasteiger partial charge in [0, 0.05) is 19.6 Å². The number of carbonyl (C=O) groups is 1. The number of morpholine rings is 1. The fourth-order valence-corrected chi connectivity index (χ4v) is 3.93. The van der Waals surface area contributed by atoms with Crippen LogP contribution in [-0.4, -0.2) is 53.8 Å². The zero-order valence-corrected chi connectivity index (χ0v) is 15.2. The Kier molecular flexibility index (Phi) is 6.59. The predicted octanol–water partition coefficient (Wildman–Crippen LogP) is 2.03. The van der Waals surface area contributed by atoms with Gasteiger partial charge in [0.2, 0.25) is 5.91 Å². The lowest BCUT2D eigenvalue weighted by molar-refractivity contribution is -0.135. The molecule has 2 rings (SSSR count). The fourth-order valence-electron chi connectivity index (χ4n) is 3.22. The maximum atomic E-state index is 12.7. The van der Waals surface area contributed by atoms with E-state index in [9.17, 15) is 9.90 Å². The van der Waals surface area contributed by atoms with Crippen molar-refractivity contribution >= 4 is 17.2 Å². The number of ether oxygens (including phenoxy) is 1. The van der Waals surface area contributed by atoms with Crippen LogP contribution in [0.25, 0.3) is 0 Å². The van der Waals surface area contributed by atoms with E-state index < -0.39 is 6.10 Å². The van der Waals surface area contributed by atoms with Gasteiger partial charge >= 0.3 is 0 Å². The minimum atomic E-state index is -0.652. The second-order valence-corrected chi connectivity index (χ2v) is 7.50. The van der Waals surface area contributed by atoms with E-state index in [1.807, 2.05) is 30.7 Å². The summed E-state index contributed by atoms with van der Waals surface area (Å²) < 4.78 is 5.76. The molecule has 0 aliphatic carbocycles. The zero-order chi connectivity index (χ0) is 17.0. The van der Waals surface area contributed by atoms with Crippen LogP contribution in [0.15, 0.2) is 16.8 Å². The van der Waals surface area contributed by atoms with Crippen molar-refractivity contribution < 1.29 is 14.6 Å². The molecule has 0 radical (unpaired) electrons. The molecule has 4 unspecified atom stereocenters. The molecule has 0 aromatic carbocycles. The molecule has 2 N–H and O–H groups in total. The molecule has 1 saturated heterocycles. The Morgan fingerprint density at radius 3 is 2.61 bits per heavy atom. The molecule has 0 spiro atoms. The number of thiophene rings is 1. The van der Waals surface area contributed by atoms with E-state index in [1.54, 1.807) is 11.3 Å². The maximum Gasteiger partial charge on any atom is 0.237 e. The third-order valence-electron chi connectivity index (χ3n) is 4.14. The number of amides is 1. The summed E-state index contributed by atoms with van der Waals surface area (Å²) in [5.74, 6) is 0.182. The van der Waals surface area contributed by atoms with Crippen LogP contribution < -0.4 is 5.32 Å². The Morgan fingerprint density at radius 2 is 2.09 bits per heavy atom. The summed E-state index contributed by atoms with van der Waals surface area (Å²) in [5, 5.41) is 16.9. The molecule has 4 atom stereocenters. The lowest BCUT2D eigenvalue weighted by Crippen LogP contribution is -2.57. The van der Waals surface area contributed by atoms with Crippen molar-refractivity contribution in [3.63, 3.8) is 0 Å². The molecule has 5 nitrogen and oxygen atoms in total. The molecule has 1 aromatic heterocycles. The summed E-state index contributed by atoms with van der Waals surface area (Å²) in [4.78, 5) is 14.9. The van der Waals surface area contributed by atoms with Crippen LogP contribution in [0.4, 0.5) is 0 Å². The third kappa shape index (κ3) is 5.01. The van der Waals surface area contributed by atoms with Crippen LogP contribution in [0.1, 0.15) is 39.4 Å². The van der Waals surface area contributed by atoms with Crippen molar-refractivity contribution in [2.75, 3.05) is 19.6 Å². The summed E-state index contributed by atoms with van der Waals surface area (Å²) in [6.07, 6.45) is -0.394. The predicted molar refractivity (Wildman–Crippen MR) is 92.5 cm³/mol. The normalized spacial score (nSPS) is 25.3. The topological polar surface area (TPSA) is 61.8 Å². The van der Waals surface area contributed by atoms with Gasteiger partial charge in [0.15, 0.2) is 0 Å². The van der Waals surface area contributed by atoms with Crippen molar-refractivity contribution in [2.24, 2.45) is 5.92 Å². The van der Waals surface area contributed by atoms with E-state index in [0.717, 1.165) is 18.7 Å². The molecule has 2 heterocycles. The van der Waals surface area contributed by atoms with Crippen molar-refractivity contribution in [3.05, 3.63) is 22.4 Å². The Hall–Kier alpha value is -0.950. The van der Waals surface area contributed by atoms with Crippen LogP contribution in [0.3, 0.4) is 0 Å². The molecule has 1 aromatic rings. The van der Waals surface area contributed by atoms with E-state index >= 15 is 0 Å². The van der Waals surface area contributed by atoms with Crippen molar-refractivity contribution in [3.8, 4) is 0 Å². The van der Waals surface area contributed by atoms with E-state index in [0.29, 0.717) is 0 Å². The largest absolute Gasteiger partial charge is 0.387 e. The zero-order valence-electron chi connectivity index (χ0n) is 14.4. The van der Waals surface area contributed by atoms with E-state index in [-0.39, 0.29) is 36.6 Å². The Bertz CT molecular complexity index is 482. The highest BCUT2D eigenvalue weighted by Gasteiger charge is 2.34. The maximum absolute atomic E-state index is 12.7. The first-order chi connectivity index (χ1) is 10.9. The standard InChI is InChI=1S/C17H28N2O3S/c1-11(2)16(19-8-12(3)22-13(4)9-19)17(21)18-7-15(20)14-5-6-23-10-14/h5-6,10-13,15-16,20H,7-9H2,1-4H3,(H,18,21). The van der Waals surface area contributed by atoms with Crippen LogP contribution in [0.2, 0.25) is 0 Å². The highest BCUT2D eigenvalue weighted by atomic mass is 32.1. The Morgan fingerprint density at radius 1 is 1.43 bits per heavy atom. The number of aliphatic hydroxyl groups excluding tert-OH is 1. The SMILES string of the molecule is CC1CN(C(C(=O)NCC(O)c2ccsc2)C(C)C)CC(C)O1. The molecule has 130 valence electrons. The quantitative estimate of drug-likeness (QED) is 0.832. The van der Waals surface area contributed by atoms with Crippen LogP contribution in [-0.2, 0) is 9.53 Å². The second-order valence-electron chi connectivity index (χ2n) is 6.72. The number of hydrogen-bond donors (Lipinski definition) is 2. The first-order valence-electron chi connectivity index (χ1n) is 8.25. The summed E-state index contributed by atoms with van der Waals surface area (Å²) in [6, 6.07) is 1.69. The number of nitrogens with zero attached hydrogens (tertiary/aromatic N) is 1. The van der Waals surface area contributed by atoms with Gasteiger partial charge in [0.1, 0.15) is 0 Å². The lowest BCUT2D eigenvalue weighted by Gasteiger charge is -2.41. The number of rotatable bonds is 6. The second kappa shape index (κ2) is 8.24. The van der Waals surface area contributed by atoms with Gasteiger partial charge in [-0.3, -0.25) is 9.69 Å². The molecule has 1 fully saturated rings. The van der Waals surface area contributed by atoms with Gasteiger partial charge in [-0.25, -0.2) is 0 Å². The summed E-state index contributed by atoms with van der Waals surface area (Å²) in [7, 11) is 0. The lowest BCUT2D eigenvalue weighted by atomic mass is 9.99. The summed E-state index contributed by atoms with van der Waals surface area (Å²) >= 11 is 1.54. The molecule has 0 saturated carbocycles. The average Bonchev–Trinajstić information content (AvgIpc) is 2.97. The van der Waals surface area contributed by atoms with Gasteiger partial charge in [-0.15, -0.1) is 0 Å². The van der Waals surface area contributed by atoms with Gasteiger partial charge in [-0.2, -0.15) is 11.3 Å². The monoisotopic (exact) mass is 340 g/mol. The molecule has 0 bridgehead atoms. The number of hydrogen-bond acceptors (Lipinski definition) is 5. The van der Waals surface area contributed by atoms with Gasteiger partial charge in [0.05, 0.1) is 24.4 Å². The molecule has 23 heavy (non-hydrogen) atoms. The first kappa shape index (κ1) is 18.4. The molecule has 1 aliphatic rings. The fraction of sp³-hybridized carbons (Fsp3) is 0.706. The van der Waals surface area contributed by atoms with E-state index in [4.69, 9.17) is 4.74 Å². The van der Waals surface area contributed by atoms with Crippen LogP contribution in [0.5, 0.6) is 0 Å². The molecule has 1 amide bonds. The van der Waals surface area contributed by atoms with E-state index in [1.165, 1.54) is 0 Å². The Balaban J connectivity index is 1.95. The summed E-state index contributed by atoms with van der Waals surface area (Å²) in [6.45, 7) is 9.96. The minimum Gasteiger partial charge on any atom is -0.387 e. The highest BCUT2D eigenvalue weighted by molar-refractivity contribution is 7.07. The smallest absolute Gasteiger partial charge is 0.237 e. The number of carbonyl (C=O) groups excluding carboxylic acids is 1. The van der Waals surface area contributed by atoms with Gasteiger partial charge in [-0.1, -0.05) is 13.8 Å². The highest BCUT2D eigenvalue weighted by Crippen LogP contribution is 2.19. The minimum absolute atomic E-state index is 0.0180. The van der Waals surface area contributed by atoms with Gasteiger partial charge in [0.25, 0.3) is 0 Å². The molecular weight excluding hydrogens is 312 g/mol. The third-order valence-corrected chi connectivity index (χ3v) is 4.84. The number of aliphatic hydroxyl groups is 1. The first-order valence-corrected chi connectivity index (χ1v) is 9.20. The average molecular weight is 340 g/mol. The van der Waals surface area contributed by atoms with Crippen LogP contribution >= 0.6 is 11.3 Å². The Labute approximate surface area is 142 Å². The van der Waals surface area contributed by atoms with E-state index in [2.05, 4.69) is 24.1 Å². The number of nitrogens with one attached hydrogen (secondary N) is 1. The van der Waals surface area contributed by atoms with Crippen molar-refractivity contribution in [1.29, 1.82) is 0 Å². The molecule has 1 aliphatic heterocycles. The van der Waals surface area contributed by atoms with Crippen molar-refractivity contribution in [2.45, 2.75) is 52.0 Å². The van der Waals surface area contributed by atoms with Gasteiger partial charge in [-0.05, 0) is 42.2 Å². The molecular formula is C17H28N2O3S. The van der Waals surface area contributed by atoms with Crippen molar-refractivity contribution in [1.82, 2.24) is 10.2 Å².